The SMILES string of the molecule is CC1(NCC2CNCc3ccccc32)CCOCC1. The monoisotopic (exact) mass is 260 g/mol. The topological polar surface area (TPSA) is 33.3 Å². The Morgan fingerprint density at radius 3 is 2.95 bits per heavy atom. The molecule has 3 rings (SSSR count). The van der Waals surface area contributed by atoms with Crippen LogP contribution < -0.4 is 10.6 Å². The number of hydrogen-bond donors (Lipinski definition) is 2. The molecule has 0 radical (unpaired) electrons. The first-order valence-electron chi connectivity index (χ1n) is 7.38. The third-order valence-corrected chi connectivity index (χ3v) is 4.57. The molecule has 1 unspecified atom stereocenters. The Morgan fingerprint density at radius 2 is 2.11 bits per heavy atom. The molecule has 19 heavy (non-hydrogen) atoms. The van der Waals surface area contributed by atoms with Gasteiger partial charge in [0.25, 0.3) is 0 Å². The molecular formula is C16H24N2O. The van der Waals surface area contributed by atoms with Crippen LogP contribution in [0.4, 0.5) is 0 Å². The van der Waals surface area contributed by atoms with Crippen molar-refractivity contribution in [1.82, 2.24) is 10.6 Å². The molecule has 0 saturated carbocycles. The average molecular weight is 260 g/mol. The maximum Gasteiger partial charge on any atom is 0.0483 e. The van der Waals surface area contributed by atoms with Crippen molar-refractivity contribution in [3.63, 3.8) is 0 Å². The molecule has 2 N–H and O–H groups in total. The van der Waals surface area contributed by atoms with E-state index in [4.69, 9.17) is 4.74 Å². The molecule has 0 aliphatic carbocycles. The molecule has 1 saturated heterocycles. The van der Waals surface area contributed by atoms with Gasteiger partial charge in [-0.25, -0.2) is 0 Å². The molecular weight excluding hydrogens is 236 g/mol. The number of rotatable bonds is 3. The summed E-state index contributed by atoms with van der Waals surface area (Å²) in [6, 6.07) is 8.82. The van der Waals surface area contributed by atoms with Gasteiger partial charge in [0.2, 0.25) is 0 Å². The predicted octanol–water partition coefficient (Wildman–Crippen LogP) is 2.03. The standard InChI is InChI=1S/C16H24N2O/c1-16(6-8-19-9-7-16)18-12-14-11-17-10-13-4-2-3-5-15(13)14/h2-5,14,17-18H,6-12H2,1H3. The van der Waals surface area contributed by atoms with Gasteiger partial charge in [-0.2, -0.15) is 0 Å². The Labute approximate surface area is 115 Å². The second kappa shape index (κ2) is 5.61. The lowest BCUT2D eigenvalue weighted by Gasteiger charge is -2.37. The van der Waals surface area contributed by atoms with E-state index in [1.807, 2.05) is 0 Å². The van der Waals surface area contributed by atoms with Crippen LogP contribution in [-0.4, -0.2) is 31.8 Å². The summed E-state index contributed by atoms with van der Waals surface area (Å²) in [5.41, 5.74) is 3.23. The fourth-order valence-electron chi connectivity index (χ4n) is 3.13. The van der Waals surface area contributed by atoms with Crippen LogP contribution in [-0.2, 0) is 11.3 Å². The van der Waals surface area contributed by atoms with E-state index in [1.54, 1.807) is 0 Å². The van der Waals surface area contributed by atoms with Gasteiger partial charge < -0.3 is 15.4 Å². The van der Waals surface area contributed by atoms with Crippen LogP contribution in [0, 0.1) is 0 Å². The fourth-order valence-corrected chi connectivity index (χ4v) is 3.13. The molecule has 3 heteroatoms. The number of hydrogen-bond acceptors (Lipinski definition) is 3. The molecule has 1 aromatic carbocycles. The van der Waals surface area contributed by atoms with E-state index < -0.39 is 0 Å². The van der Waals surface area contributed by atoms with E-state index in [-0.39, 0.29) is 5.54 Å². The van der Waals surface area contributed by atoms with Crippen LogP contribution >= 0.6 is 0 Å². The quantitative estimate of drug-likeness (QED) is 0.872. The van der Waals surface area contributed by atoms with Crippen LogP contribution in [0.1, 0.15) is 36.8 Å². The average Bonchev–Trinajstić information content (AvgIpc) is 2.46. The van der Waals surface area contributed by atoms with Gasteiger partial charge in [0, 0.05) is 44.3 Å². The summed E-state index contributed by atoms with van der Waals surface area (Å²) in [5.74, 6) is 0.588. The first-order valence-corrected chi connectivity index (χ1v) is 7.38. The third kappa shape index (κ3) is 2.99. The number of fused-ring (bicyclic) bond motifs is 1. The van der Waals surface area contributed by atoms with Crippen LogP contribution in [0.3, 0.4) is 0 Å². The summed E-state index contributed by atoms with van der Waals surface area (Å²) < 4.78 is 5.46. The molecule has 2 aliphatic heterocycles. The lowest BCUT2D eigenvalue weighted by Crippen LogP contribution is -2.49. The van der Waals surface area contributed by atoms with Crippen molar-refractivity contribution in [3.05, 3.63) is 35.4 Å². The van der Waals surface area contributed by atoms with Gasteiger partial charge in [-0.05, 0) is 30.9 Å². The lowest BCUT2D eigenvalue weighted by molar-refractivity contribution is 0.0447. The molecule has 0 spiro atoms. The van der Waals surface area contributed by atoms with Crippen LogP contribution in [0.15, 0.2) is 24.3 Å². The zero-order valence-corrected chi connectivity index (χ0v) is 11.7. The van der Waals surface area contributed by atoms with Gasteiger partial charge in [0.05, 0.1) is 0 Å². The van der Waals surface area contributed by atoms with Crippen molar-refractivity contribution >= 4 is 0 Å². The number of ether oxygens (including phenoxy) is 1. The molecule has 0 aromatic heterocycles. The highest BCUT2D eigenvalue weighted by molar-refractivity contribution is 5.33. The van der Waals surface area contributed by atoms with E-state index >= 15 is 0 Å². The normalized spacial score (nSPS) is 25.8. The van der Waals surface area contributed by atoms with Crippen molar-refractivity contribution < 1.29 is 4.74 Å². The summed E-state index contributed by atoms with van der Waals surface area (Å²) in [5, 5.41) is 7.32. The van der Waals surface area contributed by atoms with E-state index in [2.05, 4.69) is 41.8 Å². The van der Waals surface area contributed by atoms with Gasteiger partial charge in [0.1, 0.15) is 0 Å². The van der Waals surface area contributed by atoms with E-state index in [0.29, 0.717) is 5.92 Å². The van der Waals surface area contributed by atoms with Crippen molar-refractivity contribution in [1.29, 1.82) is 0 Å². The van der Waals surface area contributed by atoms with Gasteiger partial charge in [-0.15, -0.1) is 0 Å². The Hall–Kier alpha value is -0.900. The third-order valence-electron chi connectivity index (χ3n) is 4.57. The molecule has 0 bridgehead atoms. The molecule has 2 heterocycles. The minimum atomic E-state index is 0.255. The number of nitrogens with one attached hydrogen (secondary N) is 2. The highest BCUT2D eigenvalue weighted by atomic mass is 16.5. The maximum atomic E-state index is 5.46. The molecule has 1 aromatic rings. The van der Waals surface area contributed by atoms with Gasteiger partial charge in [0.15, 0.2) is 0 Å². The molecule has 104 valence electrons. The summed E-state index contributed by atoms with van der Waals surface area (Å²) in [6.45, 7) is 7.26. The Morgan fingerprint density at radius 1 is 1.32 bits per heavy atom. The smallest absolute Gasteiger partial charge is 0.0483 e. The van der Waals surface area contributed by atoms with Crippen molar-refractivity contribution in [2.45, 2.75) is 37.8 Å². The van der Waals surface area contributed by atoms with Gasteiger partial charge in [-0.3, -0.25) is 0 Å². The minimum absolute atomic E-state index is 0.255. The van der Waals surface area contributed by atoms with Gasteiger partial charge >= 0.3 is 0 Å². The van der Waals surface area contributed by atoms with E-state index in [9.17, 15) is 0 Å². The first kappa shape index (κ1) is 13.1. The summed E-state index contributed by atoms with van der Waals surface area (Å²) in [7, 11) is 0. The summed E-state index contributed by atoms with van der Waals surface area (Å²) in [4.78, 5) is 0. The zero-order valence-electron chi connectivity index (χ0n) is 11.7. The number of benzene rings is 1. The summed E-state index contributed by atoms with van der Waals surface area (Å²) in [6.07, 6.45) is 2.24. The van der Waals surface area contributed by atoms with Crippen LogP contribution in [0.2, 0.25) is 0 Å². The molecule has 0 amide bonds. The largest absolute Gasteiger partial charge is 0.381 e. The highest BCUT2D eigenvalue weighted by Gasteiger charge is 2.28. The molecule has 3 nitrogen and oxygen atoms in total. The maximum absolute atomic E-state index is 5.46. The van der Waals surface area contributed by atoms with Gasteiger partial charge in [-0.1, -0.05) is 24.3 Å². The van der Waals surface area contributed by atoms with Crippen molar-refractivity contribution in [3.8, 4) is 0 Å². The second-order valence-corrected chi connectivity index (χ2v) is 6.08. The first-order chi connectivity index (χ1) is 9.27. The van der Waals surface area contributed by atoms with E-state index in [0.717, 1.165) is 45.7 Å². The van der Waals surface area contributed by atoms with Crippen LogP contribution in [0.5, 0.6) is 0 Å². The minimum Gasteiger partial charge on any atom is -0.381 e. The van der Waals surface area contributed by atoms with Crippen LogP contribution in [0.25, 0.3) is 0 Å². The predicted molar refractivity (Wildman–Crippen MR) is 77.4 cm³/mol. The Bertz CT molecular complexity index is 427. The lowest BCUT2D eigenvalue weighted by atomic mass is 9.88. The highest BCUT2D eigenvalue weighted by Crippen LogP contribution is 2.25. The van der Waals surface area contributed by atoms with Crippen molar-refractivity contribution in [2.75, 3.05) is 26.3 Å². The van der Waals surface area contributed by atoms with E-state index in [1.165, 1.54) is 11.1 Å². The zero-order chi connectivity index (χ0) is 13.1. The molecule has 1 fully saturated rings. The Kier molecular flexibility index (Phi) is 3.87. The molecule has 1 atom stereocenters. The van der Waals surface area contributed by atoms with Crippen molar-refractivity contribution in [2.24, 2.45) is 0 Å². The fraction of sp³-hybridized carbons (Fsp3) is 0.625. The summed E-state index contributed by atoms with van der Waals surface area (Å²) >= 11 is 0. The second-order valence-electron chi connectivity index (χ2n) is 6.08. The Balaban J connectivity index is 1.64. The molecule has 2 aliphatic rings.